The average Bonchev–Trinajstić information content (AvgIpc) is 3.16. The minimum absolute atomic E-state index is 0.0239. The van der Waals surface area contributed by atoms with Gasteiger partial charge in [0.05, 0.1) is 11.7 Å². The van der Waals surface area contributed by atoms with E-state index >= 15 is 0 Å². The number of hydrogen-bond donors (Lipinski definition) is 1. The number of nitrogens with zero attached hydrogens (tertiary/aromatic N) is 1. The lowest BCUT2D eigenvalue weighted by atomic mass is 9.75. The third-order valence-electron chi connectivity index (χ3n) is 6.26. The maximum atomic E-state index is 12.5. The number of rotatable bonds is 3. The molecule has 1 amide bonds. The normalized spacial score (nSPS) is 32.3. The molecule has 0 radical (unpaired) electrons. The Morgan fingerprint density at radius 1 is 1.20 bits per heavy atom. The van der Waals surface area contributed by atoms with Crippen LogP contribution in [0, 0.1) is 5.41 Å². The molecule has 144 valence electrons. The van der Waals surface area contributed by atoms with Gasteiger partial charge < -0.3 is 20.1 Å². The summed E-state index contributed by atoms with van der Waals surface area (Å²) in [5.41, 5.74) is 5.90. The van der Waals surface area contributed by atoms with Crippen LogP contribution in [-0.4, -0.2) is 47.9 Å². The number of piperidine rings is 1. The average molecular weight is 353 g/mol. The Morgan fingerprint density at radius 2 is 1.92 bits per heavy atom. The molecule has 0 aromatic rings. The van der Waals surface area contributed by atoms with Crippen LogP contribution in [0.5, 0.6) is 0 Å². The fraction of sp³-hybridized carbons (Fsp3) is 0.950. The third kappa shape index (κ3) is 4.48. The summed E-state index contributed by atoms with van der Waals surface area (Å²) in [5.74, 6) is 0. The minimum Gasteiger partial charge on any atom is -0.444 e. The maximum absolute atomic E-state index is 12.5. The van der Waals surface area contributed by atoms with Crippen LogP contribution < -0.4 is 5.73 Å². The van der Waals surface area contributed by atoms with Gasteiger partial charge in [0.1, 0.15) is 5.60 Å². The summed E-state index contributed by atoms with van der Waals surface area (Å²) in [5, 5.41) is 0. The molecule has 1 aliphatic carbocycles. The van der Waals surface area contributed by atoms with E-state index in [4.69, 9.17) is 15.2 Å². The van der Waals surface area contributed by atoms with Gasteiger partial charge in [0, 0.05) is 18.5 Å². The molecule has 2 aliphatic heterocycles. The Labute approximate surface area is 152 Å². The molecule has 2 N–H and O–H groups in total. The van der Waals surface area contributed by atoms with Gasteiger partial charge in [-0.2, -0.15) is 0 Å². The van der Waals surface area contributed by atoms with Crippen LogP contribution in [0.15, 0.2) is 0 Å². The number of ether oxygens (including phenoxy) is 2. The molecule has 3 aliphatic rings. The van der Waals surface area contributed by atoms with Gasteiger partial charge in [-0.25, -0.2) is 4.79 Å². The number of amides is 1. The second-order valence-electron chi connectivity index (χ2n) is 9.58. The molecule has 5 heteroatoms. The van der Waals surface area contributed by atoms with Gasteiger partial charge in [0.15, 0.2) is 0 Å². The fourth-order valence-corrected chi connectivity index (χ4v) is 5.02. The Kier molecular flexibility index (Phi) is 5.36. The van der Waals surface area contributed by atoms with Crippen molar-refractivity contribution < 1.29 is 14.3 Å². The molecule has 1 spiro atoms. The van der Waals surface area contributed by atoms with Crippen LogP contribution in [0.3, 0.4) is 0 Å². The van der Waals surface area contributed by atoms with E-state index < -0.39 is 5.60 Å². The number of hydrogen-bond acceptors (Lipinski definition) is 4. The zero-order valence-corrected chi connectivity index (χ0v) is 16.3. The summed E-state index contributed by atoms with van der Waals surface area (Å²) < 4.78 is 12.1. The molecule has 25 heavy (non-hydrogen) atoms. The summed E-state index contributed by atoms with van der Waals surface area (Å²) in [4.78, 5) is 14.4. The monoisotopic (exact) mass is 352 g/mol. The van der Waals surface area contributed by atoms with Crippen molar-refractivity contribution in [2.24, 2.45) is 11.1 Å². The SMILES string of the molecule is CC(C)(C)OC(=O)N1CCCC(CN)(CC2CCC3(CCCC3)O2)C1. The van der Waals surface area contributed by atoms with Crippen LogP contribution in [-0.2, 0) is 9.47 Å². The van der Waals surface area contributed by atoms with Crippen LogP contribution in [0.2, 0.25) is 0 Å². The zero-order chi connectivity index (χ0) is 18.1. The van der Waals surface area contributed by atoms with Crippen molar-refractivity contribution in [3.05, 3.63) is 0 Å². The molecule has 2 saturated heterocycles. The van der Waals surface area contributed by atoms with E-state index in [2.05, 4.69) is 0 Å². The molecular weight excluding hydrogens is 316 g/mol. The highest BCUT2D eigenvalue weighted by Gasteiger charge is 2.46. The lowest BCUT2D eigenvalue weighted by molar-refractivity contribution is -0.0627. The highest BCUT2D eigenvalue weighted by atomic mass is 16.6. The summed E-state index contributed by atoms with van der Waals surface area (Å²) in [6.45, 7) is 7.83. The smallest absolute Gasteiger partial charge is 0.410 e. The predicted octanol–water partition coefficient (Wildman–Crippen LogP) is 3.84. The van der Waals surface area contributed by atoms with Gasteiger partial charge in [0.2, 0.25) is 0 Å². The highest BCUT2D eigenvalue weighted by Crippen LogP contribution is 2.46. The van der Waals surface area contributed by atoms with Crippen LogP contribution in [0.1, 0.15) is 78.6 Å². The second kappa shape index (κ2) is 7.07. The molecule has 2 atom stereocenters. The fourth-order valence-electron chi connectivity index (χ4n) is 5.02. The van der Waals surface area contributed by atoms with Gasteiger partial charge in [-0.15, -0.1) is 0 Å². The van der Waals surface area contributed by atoms with Crippen molar-refractivity contribution in [3.63, 3.8) is 0 Å². The number of carbonyl (C=O) groups is 1. The molecule has 0 aromatic carbocycles. The predicted molar refractivity (Wildman–Crippen MR) is 98.5 cm³/mol. The largest absolute Gasteiger partial charge is 0.444 e. The van der Waals surface area contributed by atoms with E-state index in [1.165, 1.54) is 32.1 Å². The Hall–Kier alpha value is -0.810. The molecule has 2 unspecified atom stereocenters. The van der Waals surface area contributed by atoms with Crippen molar-refractivity contribution in [2.75, 3.05) is 19.6 Å². The first-order valence-corrected chi connectivity index (χ1v) is 10.1. The van der Waals surface area contributed by atoms with Crippen molar-refractivity contribution >= 4 is 6.09 Å². The van der Waals surface area contributed by atoms with E-state index in [-0.39, 0.29) is 17.1 Å². The van der Waals surface area contributed by atoms with Crippen LogP contribution in [0.25, 0.3) is 0 Å². The molecular formula is C20H36N2O3. The quantitative estimate of drug-likeness (QED) is 0.838. The first kappa shape index (κ1) is 19.0. The van der Waals surface area contributed by atoms with E-state index in [1.54, 1.807) is 0 Å². The third-order valence-corrected chi connectivity index (χ3v) is 6.26. The summed E-state index contributed by atoms with van der Waals surface area (Å²) in [6, 6.07) is 0. The molecule has 0 bridgehead atoms. The minimum atomic E-state index is -0.455. The molecule has 1 saturated carbocycles. The Balaban J connectivity index is 1.61. The van der Waals surface area contributed by atoms with Gasteiger partial charge in [0.25, 0.3) is 0 Å². The molecule has 3 rings (SSSR count). The van der Waals surface area contributed by atoms with Gasteiger partial charge in [-0.1, -0.05) is 12.8 Å². The van der Waals surface area contributed by atoms with Gasteiger partial charge >= 0.3 is 6.09 Å². The molecule has 2 heterocycles. The summed E-state index contributed by atoms with van der Waals surface area (Å²) >= 11 is 0. The number of nitrogens with two attached hydrogens (primary N) is 1. The highest BCUT2D eigenvalue weighted by molar-refractivity contribution is 5.68. The lowest BCUT2D eigenvalue weighted by Crippen LogP contribution is -2.51. The van der Waals surface area contributed by atoms with Crippen molar-refractivity contribution in [1.82, 2.24) is 4.90 Å². The van der Waals surface area contributed by atoms with E-state index in [0.29, 0.717) is 19.2 Å². The molecule has 5 nitrogen and oxygen atoms in total. The van der Waals surface area contributed by atoms with E-state index in [0.717, 1.165) is 32.2 Å². The molecule has 3 fully saturated rings. The van der Waals surface area contributed by atoms with Crippen molar-refractivity contribution in [1.29, 1.82) is 0 Å². The summed E-state index contributed by atoms with van der Waals surface area (Å²) in [7, 11) is 0. The van der Waals surface area contributed by atoms with Gasteiger partial charge in [-0.3, -0.25) is 0 Å². The first-order valence-electron chi connectivity index (χ1n) is 10.1. The van der Waals surface area contributed by atoms with Crippen molar-refractivity contribution in [3.8, 4) is 0 Å². The van der Waals surface area contributed by atoms with Crippen LogP contribution in [0.4, 0.5) is 4.79 Å². The van der Waals surface area contributed by atoms with Crippen molar-refractivity contribution in [2.45, 2.75) is 95.9 Å². The van der Waals surface area contributed by atoms with E-state index in [1.807, 2.05) is 25.7 Å². The van der Waals surface area contributed by atoms with Gasteiger partial charge in [-0.05, 0) is 72.3 Å². The second-order valence-corrected chi connectivity index (χ2v) is 9.58. The zero-order valence-electron chi connectivity index (χ0n) is 16.3. The van der Waals surface area contributed by atoms with Crippen LogP contribution >= 0.6 is 0 Å². The standard InChI is InChI=1S/C20H36N2O3/c1-18(2,3)25-17(23)22-12-6-8-19(14-21,15-22)13-16-7-11-20(24-16)9-4-5-10-20/h16H,4-15,21H2,1-3H3. The topological polar surface area (TPSA) is 64.8 Å². The molecule has 0 aromatic heterocycles. The lowest BCUT2D eigenvalue weighted by Gasteiger charge is -2.43. The Bertz CT molecular complexity index is 482. The summed E-state index contributed by atoms with van der Waals surface area (Å²) in [6.07, 6.45) is 10.6. The number of likely N-dealkylation sites (tertiary alicyclic amines) is 1. The van der Waals surface area contributed by atoms with E-state index in [9.17, 15) is 4.79 Å². The first-order chi connectivity index (χ1) is 11.7. The Morgan fingerprint density at radius 3 is 2.56 bits per heavy atom. The maximum Gasteiger partial charge on any atom is 0.410 e. The number of carbonyl (C=O) groups excluding carboxylic acids is 1.